The number of carbonyl (C=O) groups is 2. The van der Waals surface area contributed by atoms with Crippen LogP contribution in [-0.4, -0.2) is 11.9 Å². The maximum Gasteiger partial charge on any atom is 1.00 e. The van der Waals surface area contributed by atoms with Crippen LogP contribution in [0.15, 0.2) is 34.4 Å². The molecule has 0 radical (unpaired) electrons. The zero-order valence-electron chi connectivity index (χ0n) is 14.6. The number of carboxylic acid groups (broad SMARTS) is 2. The first-order chi connectivity index (χ1) is 9.25. The van der Waals surface area contributed by atoms with Crippen LogP contribution in [0.25, 0.3) is 0 Å². The number of rotatable bonds is 8. The molecule has 6 heteroatoms. The van der Waals surface area contributed by atoms with Crippen LogP contribution in [-0.2, 0) is 9.59 Å². The van der Waals surface area contributed by atoms with Crippen LogP contribution in [0.1, 0.15) is 53.4 Å². The Balaban J connectivity index is -0.00000180. The third-order valence-corrected chi connectivity index (χ3v) is 2.98. The molecule has 0 N–H and O–H groups in total. The first-order valence-electron chi connectivity index (χ1n) is 6.67. The van der Waals surface area contributed by atoms with E-state index in [1.165, 1.54) is 12.5 Å². The maximum absolute atomic E-state index is 10.9. The Morgan fingerprint density at radius 1 is 0.818 bits per heavy atom. The standard InChI is InChI=1S/C16H24O4.2Li/c1-11(2)7-5-8-12(3)9-6-10-14(16(19)20)13(4)15(17)18;;/h7,9H,5-6,8,10H2,1-4H3,(H,17,18)(H,19,20);;/q;2*+1/p-2/b12-9-,14-13+;;. The Hall–Kier alpha value is -0.645. The second-order valence-corrected chi connectivity index (χ2v) is 5.09. The molecule has 0 amide bonds. The number of hydrogen-bond acceptors (Lipinski definition) is 4. The molecule has 0 heterocycles. The summed E-state index contributed by atoms with van der Waals surface area (Å²) in [5.74, 6) is -2.91. The first kappa shape index (κ1) is 26.3. The van der Waals surface area contributed by atoms with Crippen LogP contribution in [0.2, 0.25) is 0 Å². The average Bonchev–Trinajstić information content (AvgIpc) is 2.32. The van der Waals surface area contributed by atoms with Gasteiger partial charge < -0.3 is 19.8 Å². The van der Waals surface area contributed by atoms with Crippen molar-refractivity contribution in [1.29, 1.82) is 0 Å². The smallest absolute Gasteiger partial charge is 0.545 e. The number of carbonyl (C=O) groups excluding carboxylic acids is 2. The molecule has 0 atom stereocenters. The van der Waals surface area contributed by atoms with Crippen molar-refractivity contribution in [2.75, 3.05) is 0 Å². The van der Waals surface area contributed by atoms with Crippen LogP contribution < -0.4 is 47.9 Å². The van der Waals surface area contributed by atoms with Crippen molar-refractivity contribution < 1.29 is 57.5 Å². The van der Waals surface area contributed by atoms with E-state index in [9.17, 15) is 19.8 Å². The molecule has 0 spiro atoms. The van der Waals surface area contributed by atoms with Gasteiger partial charge in [-0.15, -0.1) is 0 Å². The molecule has 0 bridgehead atoms. The molecular formula is C16H22Li2O4. The van der Waals surface area contributed by atoms with Gasteiger partial charge in [-0.2, -0.15) is 0 Å². The molecule has 0 fully saturated rings. The van der Waals surface area contributed by atoms with E-state index in [-0.39, 0.29) is 55.3 Å². The van der Waals surface area contributed by atoms with Gasteiger partial charge in [-0.1, -0.05) is 23.3 Å². The summed E-state index contributed by atoms with van der Waals surface area (Å²) in [4.78, 5) is 21.5. The monoisotopic (exact) mass is 292 g/mol. The van der Waals surface area contributed by atoms with Gasteiger partial charge in [0.15, 0.2) is 0 Å². The van der Waals surface area contributed by atoms with Crippen molar-refractivity contribution in [3.05, 3.63) is 34.4 Å². The van der Waals surface area contributed by atoms with Crippen LogP contribution in [0.3, 0.4) is 0 Å². The predicted molar refractivity (Wildman–Crippen MR) is 74.4 cm³/mol. The summed E-state index contributed by atoms with van der Waals surface area (Å²) >= 11 is 0. The van der Waals surface area contributed by atoms with Crippen molar-refractivity contribution in [2.45, 2.75) is 53.4 Å². The average molecular weight is 292 g/mol. The van der Waals surface area contributed by atoms with Gasteiger partial charge in [0.25, 0.3) is 0 Å². The molecule has 0 rings (SSSR count). The summed E-state index contributed by atoms with van der Waals surface area (Å²) in [6.07, 6.45) is 6.56. The molecule has 0 unspecified atom stereocenters. The molecule has 0 aromatic rings. The van der Waals surface area contributed by atoms with Gasteiger partial charge in [-0.25, -0.2) is 0 Å². The van der Waals surface area contributed by atoms with Crippen molar-refractivity contribution in [3.8, 4) is 0 Å². The normalized spacial score (nSPS) is 11.5. The van der Waals surface area contributed by atoms with E-state index in [0.717, 1.165) is 18.4 Å². The Morgan fingerprint density at radius 2 is 1.32 bits per heavy atom. The number of carboxylic acids is 2. The second-order valence-electron chi connectivity index (χ2n) is 5.09. The molecule has 112 valence electrons. The summed E-state index contributed by atoms with van der Waals surface area (Å²) in [5, 5.41) is 21.5. The van der Waals surface area contributed by atoms with E-state index in [1.54, 1.807) is 0 Å². The zero-order chi connectivity index (χ0) is 15.7. The zero-order valence-corrected chi connectivity index (χ0v) is 14.6. The molecule has 0 aromatic carbocycles. The minimum absolute atomic E-state index is 0. The van der Waals surface area contributed by atoms with Crippen molar-refractivity contribution >= 4 is 11.9 Å². The van der Waals surface area contributed by atoms with Crippen LogP contribution in [0.5, 0.6) is 0 Å². The Morgan fingerprint density at radius 3 is 1.73 bits per heavy atom. The SMILES string of the molecule is CC(C)=CCC/C(C)=C\CC/C(C(=O)[O-])=C(/C)C(=O)[O-].[Li+].[Li+]. The van der Waals surface area contributed by atoms with Gasteiger partial charge >= 0.3 is 37.7 Å². The van der Waals surface area contributed by atoms with Gasteiger partial charge in [-0.3, -0.25) is 0 Å². The molecule has 0 saturated carbocycles. The molecular weight excluding hydrogens is 270 g/mol. The Labute approximate surface area is 157 Å². The Kier molecular flexibility index (Phi) is 16.7. The van der Waals surface area contributed by atoms with Gasteiger partial charge in [0, 0.05) is 0 Å². The molecule has 0 aliphatic carbocycles. The van der Waals surface area contributed by atoms with Crippen LogP contribution in [0.4, 0.5) is 0 Å². The summed E-state index contributed by atoms with van der Waals surface area (Å²) in [5.41, 5.74) is 1.97. The maximum atomic E-state index is 10.9. The fraction of sp³-hybridized carbons (Fsp3) is 0.500. The molecule has 0 saturated heterocycles. The van der Waals surface area contributed by atoms with E-state index in [2.05, 4.69) is 6.08 Å². The summed E-state index contributed by atoms with van der Waals surface area (Å²) in [7, 11) is 0. The quantitative estimate of drug-likeness (QED) is 0.256. The Bertz CT molecular complexity index is 459. The molecule has 0 aromatic heterocycles. The predicted octanol–water partition coefficient (Wildman–Crippen LogP) is -4.72. The molecule has 0 aliphatic heterocycles. The van der Waals surface area contributed by atoms with E-state index in [1.807, 2.05) is 26.8 Å². The van der Waals surface area contributed by atoms with E-state index < -0.39 is 11.9 Å². The number of allylic oxidation sites excluding steroid dienone is 4. The number of hydrogen-bond donors (Lipinski definition) is 0. The van der Waals surface area contributed by atoms with E-state index in [0.29, 0.717) is 6.42 Å². The summed E-state index contributed by atoms with van der Waals surface area (Å²) in [6, 6.07) is 0. The summed E-state index contributed by atoms with van der Waals surface area (Å²) < 4.78 is 0. The van der Waals surface area contributed by atoms with Gasteiger partial charge in [-0.05, 0) is 64.5 Å². The van der Waals surface area contributed by atoms with Crippen molar-refractivity contribution in [1.82, 2.24) is 0 Å². The minimum Gasteiger partial charge on any atom is -0.545 e. The van der Waals surface area contributed by atoms with Crippen LogP contribution in [0, 0.1) is 0 Å². The molecule has 22 heavy (non-hydrogen) atoms. The third kappa shape index (κ3) is 12.0. The summed E-state index contributed by atoms with van der Waals surface area (Å²) in [6.45, 7) is 7.29. The third-order valence-electron chi connectivity index (χ3n) is 2.98. The largest absolute Gasteiger partial charge is 1.00 e. The van der Waals surface area contributed by atoms with Crippen molar-refractivity contribution in [3.63, 3.8) is 0 Å². The van der Waals surface area contributed by atoms with Gasteiger partial charge in [0.2, 0.25) is 0 Å². The molecule has 4 nitrogen and oxygen atoms in total. The van der Waals surface area contributed by atoms with Gasteiger partial charge in [0.1, 0.15) is 0 Å². The van der Waals surface area contributed by atoms with E-state index in [4.69, 9.17) is 0 Å². The fourth-order valence-electron chi connectivity index (χ4n) is 1.72. The van der Waals surface area contributed by atoms with Gasteiger partial charge in [0.05, 0.1) is 11.9 Å². The number of aliphatic carboxylic acids is 2. The second kappa shape index (κ2) is 14.0. The molecule has 0 aliphatic rings. The topological polar surface area (TPSA) is 80.3 Å². The van der Waals surface area contributed by atoms with Crippen molar-refractivity contribution in [2.24, 2.45) is 0 Å². The fourth-order valence-corrected chi connectivity index (χ4v) is 1.72. The van der Waals surface area contributed by atoms with E-state index >= 15 is 0 Å². The van der Waals surface area contributed by atoms with Crippen LogP contribution >= 0.6 is 0 Å². The first-order valence-corrected chi connectivity index (χ1v) is 6.67. The minimum atomic E-state index is -1.46.